The van der Waals surface area contributed by atoms with Gasteiger partial charge in [-0.2, -0.15) is 0 Å². The number of rotatable bonds is 4. The Morgan fingerprint density at radius 2 is 2.10 bits per heavy atom. The Labute approximate surface area is 122 Å². The van der Waals surface area contributed by atoms with Gasteiger partial charge in [-0.1, -0.05) is 24.3 Å². The van der Waals surface area contributed by atoms with Crippen molar-refractivity contribution in [3.8, 4) is 5.75 Å². The SMILES string of the molecule is Cc1cccc(OCC(=O)Nc2nc3ccccc3[nH]2)c1. The van der Waals surface area contributed by atoms with Crippen LogP contribution in [0, 0.1) is 6.92 Å². The van der Waals surface area contributed by atoms with Gasteiger partial charge in [-0.3, -0.25) is 10.1 Å². The largest absolute Gasteiger partial charge is 0.484 e. The van der Waals surface area contributed by atoms with Crippen molar-refractivity contribution in [3.05, 3.63) is 54.1 Å². The Kier molecular flexibility index (Phi) is 3.55. The van der Waals surface area contributed by atoms with Crippen LogP contribution in [0.1, 0.15) is 5.56 Å². The van der Waals surface area contributed by atoms with E-state index in [1.807, 2.05) is 55.5 Å². The van der Waals surface area contributed by atoms with Crippen LogP contribution in [0.4, 0.5) is 5.95 Å². The minimum Gasteiger partial charge on any atom is -0.484 e. The van der Waals surface area contributed by atoms with Gasteiger partial charge in [0.2, 0.25) is 5.95 Å². The Bertz CT molecular complexity index is 747. The smallest absolute Gasteiger partial charge is 0.264 e. The fourth-order valence-corrected chi connectivity index (χ4v) is 2.03. The number of aromatic amines is 1. The number of carbonyl (C=O) groups is 1. The molecule has 0 aliphatic rings. The number of amides is 1. The lowest BCUT2D eigenvalue weighted by atomic mass is 10.2. The number of nitrogens with zero attached hydrogens (tertiary/aromatic N) is 1. The van der Waals surface area contributed by atoms with Crippen molar-refractivity contribution >= 4 is 22.9 Å². The zero-order valence-corrected chi connectivity index (χ0v) is 11.6. The van der Waals surface area contributed by atoms with Crippen LogP contribution in [0.5, 0.6) is 5.75 Å². The average Bonchev–Trinajstić information content (AvgIpc) is 2.87. The number of aryl methyl sites for hydroxylation is 1. The number of aromatic nitrogens is 2. The molecule has 0 aliphatic heterocycles. The summed E-state index contributed by atoms with van der Waals surface area (Å²) in [5.41, 5.74) is 2.78. The van der Waals surface area contributed by atoms with E-state index in [1.165, 1.54) is 0 Å². The van der Waals surface area contributed by atoms with Gasteiger partial charge in [0, 0.05) is 0 Å². The molecule has 0 atom stereocenters. The van der Waals surface area contributed by atoms with Crippen molar-refractivity contribution in [2.45, 2.75) is 6.92 Å². The predicted molar refractivity (Wildman–Crippen MR) is 81.4 cm³/mol. The highest BCUT2D eigenvalue weighted by molar-refractivity contribution is 5.92. The molecule has 1 amide bonds. The van der Waals surface area contributed by atoms with Gasteiger partial charge in [0.05, 0.1) is 11.0 Å². The van der Waals surface area contributed by atoms with E-state index >= 15 is 0 Å². The molecule has 0 aliphatic carbocycles. The first-order valence-electron chi connectivity index (χ1n) is 6.65. The summed E-state index contributed by atoms with van der Waals surface area (Å²) in [6.45, 7) is 1.92. The molecule has 2 aromatic carbocycles. The first-order valence-corrected chi connectivity index (χ1v) is 6.65. The number of carbonyl (C=O) groups excluding carboxylic acids is 1. The number of anilines is 1. The normalized spacial score (nSPS) is 10.5. The fraction of sp³-hybridized carbons (Fsp3) is 0.125. The van der Waals surface area contributed by atoms with E-state index in [0.29, 0.717) is 11.7 Å². The van der Waals surface area contributed by atoms with Crippen LogP contribution in [0.15, 0.2) is 48.5 Å². The molecule has 1 aromatic heterocycles. The summed E-state index contributed by atoms with van der Waals surface area (Å²) >= 11 is 0. The molecule has 2 N–H and O–H groups in total. The molecule has 0 spiro atoms. The average molecular weight is 281 g/mol. The standard InChI is InChI=1S/C16H15N3O2/c1-11-5-4-6-12(9-11)21-10-15(20)19-16-17-13-7-2-3-8-14(13)18-16/h2-9H,10H2,1H3,(H2,17,18,19,20). The number of fused-ring (bicyclic) bond motifs is 1. The summed E-state index contributed by atoms with van der Waals surface area (Å²) in [5.74, 6) is 0.847. The second-order valence-corrected chi connectivity index (χ2v) is 4.76. The van der Waals surface area contributed by atoms with Gasteiger partial charge >= 0.3 is 0 Å². The maximum absolute atomic E-state index is 11.9. The summed E-state index contributed by atoms with van der Waals surface area (Å²) in [6.07, 6.45) is 0. The lowest BCUT2D eigenvalue weighted by Crippen LogP contribution is -2.20. The molecule has 5 heteroatoms. The predicted octanol–water partition coefficient (Wildman–Crippen LogP) is 2.89. The molecule has 5 nitrogen and oxygen atoms in total. The number of H-pyrrole nitrogens is 1. The number of imidazole rings is 1. The van der Waals surface area contributed by atoms with Crippen molar-refractivity contribution in [1.82, 2.24) is 9.97 Å². The first-order chi connectivity index (χ1) is 10.2. The van der Waals surface area contributed by atoms with Crippen molar-refractivity contribution in [3.63, 3.8) is 0 Å². The molecule has 0 saturated heterocycles. The molecule has 106 valence electrons. The van der Waals surface area contributed by atoms with Gasteiger partial charge in [-0.25, -0.2) is 4.98 Å². The minimum absolute atomic E-state index is 0.0551. The summed E-state index contributed by atoms with van der Waals surface area (Å²) < 4.78 is 5.44. The van der Waals surface area contributed by atoms with E-state index in [1.54, 1.807) is 0 Å². The van der Waals surface area contributed by atoms with Gasteiger partial charge in [0.15, 0.2) is 6.61 Å². The van der Waals surface area contributed by atoms with Crippen LogP contribution >= 0.6 is 0 Å². The Balaban J connectivity index is 1.61. The van der Waals surface area contributed by atoms with Crippen LogP contribution in [0.2, 0.25) is 0 Å². The second kappa shape index (κ2) is 5.66. The van der Waals surface area contributed by atoms with Gasteiger partial charge < -0.3 is 9.72 Å². The second-order valence-electron chi connectivity index (χ2n) is 4.76. The summed E-state index contributed by atoms with van der Waals surface area (Å²) in [5, 5.41) is 2.69. The van der Waals surface area contributed by atoms with E-state index in [0.717, 1.165) is 16.6 Å². The maximum Gasteiger partial charge on any atom is 0.264 e. The summed E-state index contributed by atoms with van der Waals surface area (Å²) in [7, 11) is 0. The van der Waals surface area contributed by atoms with Crippen molar-refractivity contribution in [2.75, 3.05) is 11.9 Å². The lowest BCUT2D eigenvalue weighted by molar-refractivity contribution is -0.118. The van der Waals surface area contributed by atoms with E-state index < -0.39 is 0 Å². The Hall–Kier alpha value is -2.82. The van der Waals surface area contributed by atoms with Crippen molar-refractivity contribution < 1.29 is 9.53 Å². The first kappa shape index (κ1) is 13.2. The maximum atomic E-state index is 11.9. The molecule has 0 saturated carbocycles. The van der Waals surface area contributed by atoms with Crippen molar-refractivity contribution in [2.24, 2.45) is 0 Å². The number of benzene rings is 2. The molecule has 3 rings (SSSR count). The molecular weight excluding hydrogens is 266 g/mol. The molecule has 1 heterocycles. The topological polar surface area (TPSA) is 67.0 Å². The third-order valence-electron chi connectivity index (χ3n) is 3.01. The number of ether oxygens (including phenoxy) is 1. The highest BCUT2D eigenvalue weighted by Gasteiger charge is 2.07. The molecule has 0 unspecified atom stereocenters. The van der Waals surface area contributed by atoms with Crippen LogP contribution in [-0.4, -0.2) is 22.5 Å². The van der Waals surface area contributed by atoms with Crippen LogP contribution in [-0.2, 0) is 4.79 Å². The molecule has 3 aromatic rings. The Morgan fingerprint density at radius 1 is 1.24 bits per heavy atom. The number of hydrogen-bond acceptors (Lipinski definition) is 3. The fourth-order valence-electron chi connectivity index (χ4n) is 2.03. The zero-order valence-electron chi connectivity index (χ0n) is 11.6. The van der Waals surface area contributed by atoms with Gasteiger partial charge in [-0.15, -0.1) is 0 Å². The van der Waals surface area contributed by atoms with E-state index in [9.17, 15) is 4.79 Å². The van der Waals surface area contributed by atoms with E-state index in [4.69, 9.17) is 4.74 Å². The number of hydrogen-bond donors (Lipinski definition) is 2. The van der Waals surface area contributed by atoms with Crippen molar-refractivity contribution in [1.29, 1.82) is 0 Å². The third-order valence-corrected chi connectivity index (χ3v) is 3.01. The molecule has 0 fully saturated rings. The van der Waals surface area contributed by atoms with Crippen LogP contribution in [0.25, 0.3) is 11.0 Å². The molecule has 0 radical (unpaired) electrons. The van der Waals surface area contributed by atoms with E-state index in [-0.39, 0.29) is 12.5 Å². The Morgan fingerprint density at radius 3 is 2.90 bits per heavy atom. The number of para-hydroxylation sites is 2. The highest BCUT2D eigenvalue weighted by atomic mass is 16.5. The highest BCUT2D eigenvalue weighted by Crippen LogP contribution is 2.14. The van der Waals surface area contributed by atoms with E-state index in [2.05, 4.69) is 15.3 Å². The summed E-state index contributed by atoms with van der Waals surface area (Å²) in [6, 6.07) is 15.2. The monoisotopic (exact) mass is 281 g/mol. The summed E-state index contributed by atoms with van der Waals surface area (Å²) in [4.78, 5) is 19.2. The molecule has 21 heavy (non-hydrogen) atoms. The molecular formula is C16H15N3O2. The van der Waals surface area contributed by atoms with Crippen LogP contribution in [0.3, 0.4) is 0 Å². The van der Waals surface area contributed by atoms with Gasteiger partial charge in [-0.05, 0) is 36.8 Å². The van der Waals surface area contributed by atoms with Gasteiger partial charge in [0.1, 0.15) is 5.75 Å². The lowest BCUT2D eigenvalue weighted by Gasteiger charge is -2.06. The van der Waals surface area contributed by atoms with Gasteiger partial charge in [0.25, 0.3) is 5.91 Å². The quantitative estimate of drug-likeness (QED) is 0.772. The zero-order chi connectivity index (χ0) is 14.7. The third kappa shape index (κ3) is 3.20. The minimum atomic E-state index is -0.254. The number of nitrogens with one attached hydrogen (secondary N) is 2. The van der Waals surface area contributed by atoms with Crippen LogP contribution < -0.4 is 10.1 Å². The molecule has 0 bridgehead atoms.